The summed E-state index contributed by atoms with van der Waals surface area (Å²) in [6.45, 7) is 8.00. The molecule has 1 fully saturated rings. The summed E-state index contributed by atoms with van der Waals surface area (Å²) in [6.07, 6.45) is 3.48. The van der Waals surface area contributed by atoms with Gasteiger partial charge in [-0.3, -0.25) is 9.36 Å². The molecule has 0 aliphatic carbocycles. The van der Waals surface area contributed by atoms with Crippen LogP contribution in [-0.2, 0) is 24.2 Å². The standard InChI is InChI=1S/C22H30N4O4/c1-4-26-18(23-24-21(26)28)11-15-7-6-10-25(13-15)19(27)14-29-17-9-5-8-16-12-22(2,3)30-20(16)17/h5,8-9,15H,4,6-7,10-14H2,1-3H3,(H,24,28)/t15-/m0/s1. The molecule has 1 amide bonds. The Kier molecular flexibility index (Phi) is 5.58. The maximum absolute atomic E-state index is 12.8. The molecule has 1 aromatic carbocycles. The van der Waals surface area contributed by atoms with Crippen LogP contribution in [-0.4, -0.2) is 50.9 Å². The summed E-state index contributed by atoms with van der Waals surface area (Å²) in [5.41, 5.74) is 0.687. The van der Waals surface area contributed by atoms with Gasteiger partial charge in [0.05, 0.1) is 0 Å². The van der Waals surface area contributed by atoms with Crippen molar-refractivity contribution in [1.82, 2.24) is 19.7 Å². The highest BCUT2D eigenvalue weighted by Gasteiger charge is 2.32. The van der Waals surface area contributed by atoms with E-state index in [1.165, 1.54) is 0 Å². The molecule has 0 unspecified atom stereocenters. The highest BCUT2D eigenvalue weighted by molar-refractivity contribution is 5.78. The molecule has 1 aromatic heterocycles. The molecule has 4 rings (SSSR count). The molecule has 0 bridgehead atoms. The number of piperidine rings is 1. The first-order chi connectivity index (χ1) is 14.4. The number of carbonyl (C=O) groups is 1. The molecular formula is C22H30N4O4. The van der Waals surface area contributed by atoms with Gasteiger partial charge in [0.25, 0.3) is 5.91 Å². The number of nitrogens with zero attached hydrogens (tertiary/aromatic N) is 3. The van der Waals surface area contributed by atoms with Gasteiger partial charge in [0.2, 0.25) is 0 Å². The fourth-order valence-corrected chi connectivity index (χ4v) is 4.48. The number of fused-ring (bicyclic) bond motifs is 1. The Balaban J connectivity index is 1.35. The van der Waals surface area contributed by atoms with E-state index in [1.54, 1.807) is 4.57 Å². The molecule has 8 heteroatoms. The van der Waals surface area contributed by atoms with E-state index in [9.17, 15) is 9.59 Å². The van der Waals surface area contributed by atoms with E-state index in [1.807, 2.05) is 43.9 Å². The predicted molar refractivity (Wildman–Crippen MR) is 112 cm³/mol. The second kappa shape index (κ2) is 8.16. The number of likely N-dealkylation sites (tertiary alicyclic amines) is 1. The van der Waals surface area contributed by atoms with Crippen molar-refractivity contribution in [3.63, 3.8) is 0 Å². The molecule has 3 heterocycles. The van der Waals surface area contributed by atoms with Gasteiger partial charge in [-0.15, -0.1) is 0 Å². The minimum Gasteiger partial charge on any atom is -0.483 e. The van der Waals surface area contributed by atoms with E-state index in [4.69, 9.17) is 9.47 Å². The number of hydrogen-bond acceptors (Lipinski definition) is 5. The Labute approximate surface area is 176 Å². The second-order valence-electron chi connectivity index (χ2n) is 8.81. The maximum atomic E-state index is 12.8. The van der Waals surface area contributed by atoms with E-state index < -0.39 is 0 Å². The van der Waals surface area contributed by atoms with Gasteiger partial charge in [-0.25, -0.2) is 9.89 Å². The molecular weight excluding hydrogens is 384 g/mol. The molecule has 162 valence electrons. The SMILES string of the molecule is CCn1c(C[C@@H]2CCCN(C(=O)COc3cccc4c3OC(C)(C)C4)C2)n[nH]c1=O. The lowest BCUT2D eigenvalue weighted by molar-refractivity contribution is -0.135. The van der Waals surface area contributed by atoms with Crippen LogP contribution in [0.5, 0.6) is 11.5 Å². The Morgan fingerprint density at radius 2 is 2.23 bits per heavy atom. The van der Waals surface area contributed by atoms with Crippen molar-refractivity contribution in [2.75, 3.05) is 19.7 Å². The van der Waals surface area contributed by atoms with Crippen molar-refractivity contribution in [3.8, 4) is 11.5 Å². The zero-order chi connectivity index (χ0) is 21.3. The van der Waals surface area contributed by atoms with Gasteiger partial charge in [-0.2, -0.15) is 5.10 Å². The summed E-state index contributed by atoms with van der Waals surface area (Å²) in [7, 11) is 0. The van der Waals surface area contributed by atoms with Crippen molar-refractivity contribution in [3.05, 3.63) is 40.1 Å². The lowest BCUT2D eigenvalue weighted by atomic mass is 9.94. The normalized spacial score (nSPS) is 20.0. The van der Waals surface area contributed by atoms with Crippen LogP contribution in [0.2, 0.25) is 0 Å². The maximum Gasteiger partial charge on any atom is 0.343 e. The van der Waals surface area contributed by atoms with Gasteiger partial charge in [0.1, 0.15) is 11.4 Å². The highest BCUT2D eigenvalue weighted by atomic mass is 16.5. The van der Waals surface area contributed by atoms with Gasteiger partial charge >= 0.3 is 5.69 Å². The third-order valence-electron chi connectivity index (χ3n) is 5.90. The van der Waals surface area contributed by atoms with Gasteiger partial charge < -0.3 is 14.4 Å². The largest absolute Gasteiger partial charge is 0.483 e. The topological polar surface area (TPSA) is 89.4 Å². The number of rotatable bonds is 6. The van der Waals surface area contributed by atoms with Crippen LogP contribution in [0.3, 0.4) is 0 Å². The zero-order valence-electron chi connectivity index (χ0n) is 17.9. The minimum atomic E-state index is -0.253. The lowest BCUT2D eigenvalue weighted by Crippen LogP contribution is -2.43. The van der Waals surface area contributed by atoms with E-state index in [-0.39, 0.29) is 29.7 Å². The quantitative estimate of drug-likeness (QED) is 0.782. The average molecular weight is 415 g/mol. The zero-order valence-corrected chi connectivity index (χ0v) is 17.9. The van der Waals surface area contributed by atoms with Crippen molar-refractivity contribution in [2.24, 2.45) is 5.92 Å². The molecule has 2 aliphatic heterocycles. The Hall–Kier alpha value is -2.77. The van der Waals surface area contributed by atoms with Crippen molar-refractivity contribution < 1.29 is 14.3 Å². The number of H-pyrrole nitrogens is 1. The van der Waals surface area contributed by atoms with E-state index in [0.29, 0.717) is 25.3 Å². The molecule has 30 heavy (non-hydrogen) atoms. The third-order valence-corrected chi connectivity index (χ3v) is 5.90. The van der Waals surface area contributed by atoms with Crippen LogP contribution >= 0.6 is 0 Å². The Morgan fingerprint density at radius 1 is 1.40 bits per heavy atom. The molecule has 1 saturated heterocycles. The Bertz CT molecular complexity index is 978. The van der Waals surface area contributed by atoms with Gasteiger partial charge in [-0.05, 0) is 45.6 Å². The molecule has 2 aliphatic rings. The number of hydrogen-bond donors (Lipinski definition) is 1. The van der Waals surface area contributed by atoms with Crippen LogP contribution in [0.25, 0.3) is 0 Å². The second-order valence-corrected chi connectivity index (χ2v) is 8.81. The molecule has 8 nitrogen and oxygen atoms in total. The summed E-state index contributed by atoms with van der Waals surface area (Å²) in [5.74, 6) is 2.40. The minimum absolute atomic E-state index is 0.00493. The lowest BCUT2D eigenvalue weighted by Gasteiger charge is -2.32. The van der Waals surface area contributed by atoms with Crippen LogP contribution < -0.4 is 15.2 Å². The van der Waals surface area contributed by atoms with E-state index in [0.717, 1.165) is 42.9 Å². The summed E-state index contributed by atoms with van der Waals surface area (Å²) in [4.78, 5) is 26.5. The number of carbonyl (C=O) groups excluding carboxylic acids is 1. The molecule has 2 aromatic rings. The monoisotopic (exact) mass is 414 g/mol. The van der Waals surface area contributed by atoms with Crippen molar-refractivity contribution in [1.29, 1.82) is 0 Å². The fraction of sp³-hybridized carbons (Fsp3) is 0.591. The molecule has 0 radical (unpaired) electrons. The highest BCUT2D eigenvalue weighted by Crippen LogP contribution is 2.41. The van der Waals surface area contributed by atoms with Crippen LogP contribution in [0, 0.1) is 5.92 Å². The number of para-hydroxylation sites is 1. The Morgan fingerprint density at radius 3 is 3.03 bits per heavy atom. The summed E-state index contributed by atoms with van der Waals surface area (Å²) in [6, 6.07) is 5.84. The summed E-state index contributed by atoms with van der Waals surface area (Å²) < 4.78 is 13.5. The number of aromatic nitrogens is 3. The number of benzene rings is 1. The first kappa shape index (κ1) is 20.5. The van der Waals surface area contributed by atoms with Crippen LogP contribution in [0.15, 0.2) is 23.0 Å². The summed E-state index contributed by atoms with van der Waals surface area (Å²) >= 11 is 0. The molecule has 0 saturated carbocycles. The molecule has 1 N–H and O–H groups in total. The van der Waals surface area contributed by atoms with Gasteiger partial charge in [0.15, 0.2) is 18.1 Å². The first-order valence-corrected chi connectivity index (χ1v) is 10.7. The van der Waals surface area contributed by atoms with Gasteiger partial charge in [0, 0.05) is 38.0 Å². The van der Waals surface area contributed by atoms with Crippen molar-refractivity contribution >= 4 is 5.91 Å². The summed E-state index contributed by atoms with van der Waals surface area (Å²) in [5, 5.41) is 6.68. The number of amides is 1. The predicted octanol–water partition coefficient (Wildman–Crippen LogP) is 2.16. The van der Waals surface area contributed by atoms with Gasteiger partial charge in [-0.1, -0.05) is 12.1 Å². The van der Waals surface area contributed by atoms with Crippen molar-refractivity contribution in [2.45, 2.75) is 58.6 Å². The fourth-order valence-electron chi connectivity index (χ4n) is 4.48. The number of aromatic amines is 1. The number of ether oxygens (including phenoxy) is 2. The smallest absolute Gasteiger partial charge is 0.343 e. The molecule has 0 spiro atoms. The average Bonchev–Trinajstić information content (AvgIpc) is 3.23. The number of nitrogens with one attached hydrogen (secondary N) is 1. The molecule has 1 atom stereocenters. The third kappa shape index (κ3) is 4.22. The van der Waals surface area contributed by atoms with Crippen LogP contribution in [0.1, 0.15) is 45.0 Å². The van der Waals surface area contributed by atoms with E-state index >= 15 is 0 Å². The van der Waals surface area contributed by atoms with Crippen LogP contribution in [0.4, 0.5) is 0 Å². The van der Waals surface area contributed by atoms with E-state index in [2.05, 4.69) is 10.2 Å². The first-order valence-electron chi connectivity index (χ1n) is 10.7.